The van der Waals surface area contributed by atoms with Crippen LogP contribution in [-0.4, -0.2) is 31.4 Å². The summed E-state index contributed by atoms with van der Waals surface area (Å²) in [4.78, 5) is 11.7. The second kappa shape index (κ2) is 8.76. The van der Waals surface area contributed by atoms with Gasteiger partial charge in [-0.2, -0.15) is 0 Å². The molecular weight excluding hydrogens is 280 g/mol. The quantitative estimate of drug-likeness (QED) is 0.814. The van der Waals surface area contributed by atoms with Crippen LogP contribution in [0.2, 0.25) is 0 Å². The summed E-state index contributed by atoms with van der Waals surface area (Å²) in [5.74, 6) is 0. The highest BCUT2D eigenvalue weighted by Gasteiger charge is 2.10. The molecule has 2 amide bonds. The van der Waals surface area contributed by atoms with E-state index >= 15 is 0 Å². The number of hydrogen-bond donors (Lipinski definition) is 2. The fraction of sp³-hybridized carbons (Fsp3) is 0.588. The molecule has 22 heavy (non-hydrogen) atoms. The maximum atomic E-state index is 11.7. The molecule has 124 valence electrons. The standard InChI is InChI=1S/C17H28N2O3/c1-13(11-21-5)19-16(20)18-10-14-7-6-8-15(9-14)12-22-17(2,3)4/h6-9,13H,10-12H2,1-5H3,(H2,18,19,20). The van der Waals surface area contributed by atoms with E-state index in [0.29, 0.717) is 19.8 Å². The van der Waals surface area contributed by atoms with E-state index in [1.807, 2.05) is 52.0 Å². The van der Waals surface area contributed by atoms with Crippen LogP contribution in [0, 0.1) is 0 Å². The molecule has 0 saturated heterocycles. The van der Waals surface area contributed by atoms with Gasteiger partial charge in [-0.3, -0.25) is 0 Å². The average molecular weight is 308 g/mol. The number of carbonyl (C=O) groups excluding carboxylic acids is 1. The minimum atomic E-state index is -0.194. The molecule has 1 aromatic rings. The Kier molecular flexibility index (Phi) is 7.35. The molecule has 0 bridgehead atoms. The second-order valence-corrected chi connectivity index (χ2v) is 6.40. The maximum Gasteiger partial charge on any atom is 0.315 e. The molecule has 1 rings (SSSR count). The van der Waals surface area contributed by atoms with Crippen molar-refractivity contribution < 1.29 is 14.3 Å². The molecule has 0 fully saturated rings. The van der Waals surface area contributed by atoms with Crippen molar-refractivity contribution in [3.63, 3.8) is 0 Å². The lowest BCUT2D eigenvalue weighted by atomic mass is 10.1. The Hall–Kier alpha value is -1.59. The van der Waals surface area contributed by atoms with Crippen LogP contribution in [0.5, 0.6) is 0 Å². The van der Waals surface area contributed by atoms with Crippen LogP contribution < -0.4 is 10.6 Å². The van der Waals surface area contributed by atoms with Gasteiger partial charge >= 0.3 is 6.03 Å². The summed E-state index contributed by atoms with van der Waals surface area (Å²) in [7, 11) is 1.61. The summed E-state index contributed by atoms with van der Waals surface area (Å²) in [6.07, 6.45) is 0. The highest BCUT2D eigenvalue weighted by molar-refractivity contribution is 5.74. The van der Waals surface area contributed by atoms with Crippen LogP contribution in [0.15, 0.2) is 24.3 Å². The Bertz CT molecular complexity index is 469. The molecular formula is C17H28N2O3. The molecule has 5 heteroatoms. The lowest BCUT2D eigenvalue weighted by molar-refractivity contribution is -0.0149. The van der Waals surface area contributed by atoms with Crippen LogP contribution >= 0.6 is 0 Å². The third-order valence-electron chi connectivity index (χ3n) is 2.91. The van der Waals surface area contributed by atoms with Gasteiger partial charge in [-0.1, -0.05) is 24.3 Å². The molecule has 0 aliphatic heterocycles. The normalized spacial score (nSPS) is 12.8. The van der Waals surface area contributed by atoms with Crippen molar-refractivity contribution in [2.45, 2.75) is 52.5 Å². The van der Waals surface area contributed by atoms with E-state index < -0.39 is 0 Å². The fourth-order valence-electron chi connectivity index (χ4n) is 1.88. The van der Waals surface area contributed by atoms with E-state index in [2.05, 4.69) is 10.6 Å². The summed E-state index contributed by atoms with van der Waals surface area (Å²) in [5.41, 5.74) is 1.98. The second-order valence-electron chi connectivity index (χ2n) is 6.40. The molecule has 0 aliphatic carbocycles. The molecule has 2 N–H and O–H groups in total. The molecule has 0 aromatic heterocycles. The Morgan fingerprint density at radius 2 is 1.95 bits per heavy atom. The minimum Gasteiger partial charge on any atom is -0.383 e. The van der Waals surface area contributed by atoms with Gasteiger partial charge in [0.1, 0.15) is 0 Å². The van der Waals surface area contributed by atoms with E-state index in [-0.39, 0.29) is 17.7 Å². The Morgan fingerprint density at radius 3 is 2.59 bits per heavy atom. The van der Waals surface area contributed by atoms with Gasteiger partial charge in [0.2, 0.25) is 0 Å². The predicted octanol–water partition coefficient (Wildman–Crippen LogP) is 2.84. The first-order chi connectivity index (χ1) is 10.3. The van der Waals surface area contributed by atoms with Crippen LogP contribution in [0.3, 0.4) is 0 Å². The SMILES string of the molecule is COCC(C)NC(=O)NCc1cccc(COC(C)(C)C)c1. The number of carbonyl (C=O) groups is 1. The topological polar surface area (TPSA) is 59.6 Å². The Morgan fingerprint density at radius 1 is 1.27 bits per heavy atom. The van der Waals surface area contributed by atoms with Crippen molar-refractivity contribution in [1.29, 1.82) is 0 Å². The number of rotatable bonds is 7. The van der Waals surface area contributed by atoms with Crippen molar-refractivity contribution in [1.82, 2.24) is 10.6 Å². The van der Waals surface area contributed by atoms with Crippen LogP contribution in [-0.2, 0) is 22.6 Å². The minimum absolute atomic E-state index is 0.0171. The van der Waals surface area contributed by atoms with E-state index in [1.54, 1.807) is 7.11 Å². The van der Waals surface area contributed by atoms with Gasteiger partial charge in [0.25, 0.3) is 0 Å². The number of amides is 2. The smallest absolute Gasteiger partial charge is 0.315 e. The van der Waals surface area contributed by atoms with Crippen molar-refractivity contribution in [2.24, 2.45) is 0 Å². The molecule has 1 unspecified atom stereocenters. The van der Waals surface area contributed by atoms with Gasteiger partial charge in [-0.05, 0) is 38.8 Å². The van der Waals surface area contributed by atoms with E-state index in [0.717, 1.165) is 11.1 Å². The van der Waals surface area contributed by atoms with Crippen LogP contribution in [0.25, 0.3) is 0 Å². The van der Waals surface area contributed by atoms with Crippen molar-refractivity contribution in [3.8, 4) is 0 Å². The van der Waals surface area contributed by atoms with Gasteiger partial charge in [0.05, 0.1) is 24.9 Å². The van der Waals surface area contributed by atoms with Crippen molar-refractivity contribution in [3.05, 3.63) is 35.4 Å². The number of nitrogens with one attached hydrogen (secondary N) is 2. The Balaban J connectivity index is 2.44. The molecule has 0 aliphatic rings. The molecule has 1 atom stereocenters. The van der Waals surface area contributed by atoms with Gasteiger partial charge in [0.15, 0.2) is 0 Å². The number of benzene rings is 1. The lowest BCUT2D eigenvalue weighted by Crippen LogP contribution is -2.42. The van der Waals surface area contributed by atoms with E-state index in [4.69, 9.17) is 9.47 Å². The molecule has 0 spiro atoms. The number of ether oxygens (including phenoxy) is 2. The first-order valence-electron chi connectivity index (χ1n) is 7.55. The number of hydrogen-bond acceptors (Lipinski definition) is 3. The van der Waals surface area contributed by atoms with Gasteiger partial charge in [0, 0.05) is 13.7 Å². The Labute approximate surface area is 133 Å². The van der Waals surface area contributed by atoms with Gasteiger partial charge < -0.3 is 20.1 Å². The van der Waals surface area contributed by atoms with Crippen LogP contribution in [0.1, 0.15) is 38.8 Å². The monoisotopic (exact) mass is 308 g/mol. The average Bonchev–Trinajstić information content (AvgIpc) is 2.43. The molecule has 0 saturated carbocycles. The van der Waals surface area contributed by atoms with Gasteiger partial charge in [-0.25, -0.2) is 4.79 Å². The summed E-state index contributed by atoms with van der Waals surface area (Å²) < 4.78 is 10.7. The molecule has 0 radical (unpaired) electrons. The van der Waals surface area contributed by atoms with Crippen LogP contribution in [0.4, 0.5) is 4.79 Å². The molecule has 5 nitrogen and oxygen atoms in total. The first kappa shape index (κ1) is 18.5. The highest BCUT2D eigenvalue weighted by Crippen LogP contribution is 2.13. The third-order valence-corrected chi connectivity index (χ3v) is 2.91. The third kappa shape index (κ3) is 8.00. The molecule has 0 heterocycles. The van der Waals surface area contributed by atoms with Gasteiger partial charge in [-0.15, -0.1) is 0 Å². The first-order valence-corrected chi connectivity index (χ1v) is 7.55. The predicted molar refractivity (Wildman–Crippen MR) is 87.7 cm³/mol. The summed E-state index contributed by atoms with van der Waals surface area (Å²) in [5, 5.41) is 5.65. The van der Waals surface area contributed by atoms with E-state index in [1.165, 1.54) is 0 Å². The largest absolute Gasteiger partial charge is 0.383 e. The maximum absolute atomic E-state index is 11.7. The summed E-state index contributed by atoms with van der Waals surface area (Å²) in [6.45, 7) is 9.53. The zero-order chi connectivity index (χ0) is 16.6. The fourth-order valence-corrected chi connectivity index (χ4v) is 1.88. The lowest BCUT2D eigenvalue weighted by Gasteiger charge is -2.19. The highest BCUT2D eigenvalue weighted by atomic mass is 16.5. The van der Waals surface area contributed by atoms with Crippen molar-refractivity contribution >= 4 is 6.03 Å². The van der Waals surface area contributed by atoms with Crippen molar-refractivity contribution in [2.75, 3.05) is 13.7 Å². The summed E-state index contributed by atoms with van der Waals surface area (Å²) >= 11 is 0. The zero-order valence-corrected chi connectivity index (χ0v) is 14.2. The summed E-state index contributed by atoms with van der Waals surface area (Å²) in [6, 6.07) is 7.82. The molecule has 1 aromatic carbocycles. The number of methoxy groups -OCH3 is 1. The zero-order valence-electron chi connectivity index (χ0n) is 14.2. The number of urea groups is 1. The van der Waals surface area contributed by atoms with E-state index in [9.17, 15) is 4.79 Å².